The molecule has 122 valence electrons. The number of halogens is 4. The molecular formula is C13H11ClF3N5O. The van der Waals surface area contributed by atoms with Gasteiger partial charge in [-0.3, -0.25) is 4.68 Å². The highest BCUT2D eigenvalue weighted by Gasteiger charge is 2.38. The predicted octanol–water partition coefficient (Wildman–Crippen LogP) is 3.00. The monoisotopic (exact) mass is 345 g/mol. The van der Waals surface area contributed by atoms with Crippen LogP contribution in [0.15, 0.2) is 41.2 Å². The van der Waals surface area contributed by atoms with Gasteiger partial charge in [-0.1, -0.05) is 29.4 Å². The molecule has 2 N–H and O–H groups in total. The van der Waals surface area contributed by atoms with Gasteiger partial charge in [0, 0.05) is 11.8 Å². The standard InChI is InChI=1S/C13H10F3N5O.ClH/c14-13(15,16)12-19-11(20-22-12)9-3-1-8(2-4-9)6-21-7-10(17)5-18-21;/h1-5,7H,6,17H2;1H. The molecule has 2 heterocycles. The van der Waals surface area contributed by atoms with Crippen LogP contribution in [0.25, 0.3) is 11.4 Å². The van der Waals surface area contributed by atoms with Crippen molar-refractivity contribution in [3.8, 4) is 11.4 Å². The summed E-state index contributed by atoms with van der Waals surface area (Å²) in [5.74, 6) is -1.47. The van der Waals surface area contributed by atoms with E-state index in [0.717, 1.165) is 5.56 Å². The maximum Gasteiger partial charge on any atom is 0.471 e. The zero-order valence-corrected chi connectivity index (χ0v) is 12.3. The molecule has 0 saturated heterocycles. The maximum absolute atomic E-state index is 12.4. The SMILES string of the molecule is Cl.Nc1cnn(Cc2ccc(-c3noc(C(F)(F)F)n3)cc2)c1. The van der Waals surface area contributed by atoms with Gasteiger partial charge in [0.25, 0.3) is 0 Å². The van der Waals surface area contributed by atoms with E-state index in [2.05, 4.69) is 19.8 Å². The lowest BCUT2D eigenvalue weighted by Gasteiger charge is -2.02. The zero-order chi connectivity index (χ0) is 15.7. The molecule has 0 spiro atoms. The fraction of sp³-hybridized carbons (Fsp3) is 0.154. The van der Waals surface area contributed by atoms with Crippen molar-refractivity contribution in [2.75, 3.05) is 5.73 Å². The lowest BCUT2D eigenvalue weighted by Crippen LogP contribution is -2.04. The minimum Gasteiger partial charge on any atom is -0.396 e. The Labute approximate surface area is 134 Å². The third-order valence-electron chi connectivity index (χ3n) is 2.88. The van der Waals surface area contributed by atoms with Gasteiger partial charge in [-0.15, -0.1) is 12.4 Å². The second-order valence-electron chi connectivity index (χ2n) is 4.59. The van der Waals surface area contributed by atoms with Crippen molar-refractivity contribution in [3.63, 3.8) is 0 Å². The van der Waals surface area contributed by atoms with Gasteiger partial charge in [0.1, 0.15) is 0 Å². The molecule has 0 fully saturated rings. The van der Waals surface area contributed by atoms with Crippen LogP contribution in [0.4, 0.5) is 18.9 Å². The third kappa shape index (κ3) is 3.81. The number of hydrogen-bond acceptors (Lipinski definition) is 5. The van der Waals surface area contributed by atoms with Gasteiger partial charge in [-0.2, -0.15) is 23.3 Å². The third-order valence-corrected chi connectivity index (χ3v) is 2.88. The molecule has 0 amide bonds. The van der Waals surface area contributed by atoms with E-state index < -0.39 is 12.1 Å². The van der Waals surface area contributed by atoms with Crippen LogP contribution in [-0.2, 0) is 12.7 Å². The summed E-state index contributed by atoms with van der Waals surface area (Å²) in [4.78, 5) is 3.33. The molecule has 23 heavy (non-hydrogen) atoms. The van der Waals surface area contributed by atoms with Crippen molar-refractivity contribution in [1.29, 1.82) is 0 Å². The van der Waals surface area contributed by atoms with Gasteiger partial charge in [-0.05, 0) is 5.56 Å². The van der Waals surface area contributed by atoms with Crippen molar-refractivity contribution in [1.82, 2.24) is 19.9 Å². The van der Waals surface area contributed by atoms with Crippen molar-refractivity contribution in [2.24, 2.45) is 0 Å². The fourth-order valence-electron chi connectivity index (χ4n) is 1.87. The minimum absolute atomic E-state index is 0. The highest BCUT2D eigenvalue weighted by atomic mass is 35.5. The molecule has 0 radical (unpaired) electrons. The Bertz CT molecular complexity index is 782. The number of benzene rings is 1. The van der Waals surface area contributed by atoms with Crippen molar-refractivity contribution in [3.05, 3.63) is 48.1 Å². The lowest BCUT2D eigenvalue weighted by atomic mass is 10.1. The molecule has 0 atom stereocenters. The Kier molecular flexibility index (Phi) is 4.60. The molecule has 6 nitrogen and oxygen atoms in total. The zero-order valence-electron chi connectivity index (χ0n) is 11.5. The number of aromatic nitrogens is 4. The van der Waals surface area contributed by atoms with E-state index in [4.69, 9.17) is 5.73 Å². The molecule has 2 aromatic heterocycles. The van der Waals surface area contributed by atoms with Gasteiger partial charge in [0.05, 0.1) is 18.4 Å². The first kappa shape index (κ1) is 16.8. The first-order valence-corrected chi connectivity index (χ1v) is 6.20. The van der Waals surface area contributed by atoms with Crippen molar-refractivity contribution in [2.45, 2.75) is 12.7 Å². The van der Waals surface area contributed by atoms with Crippen LogP contribution in [0.1, 0.15) is 11.5 Å². The Hall–Kier alpha value is -2.55. The van der Waals surface area contributed by atoms with Gasteiger partial charge in [0.2, 0.25) is 5.82 Å². The molecule has 0 bridgehead atoms. The highest BCUT2D eigenvalue weighted by molar-refractivity contribution is 5.85. The van der Waals surface area contributed by atoms with Gasteiger partial charge >= 0.3 is 12.1 Å². The molecule has 10 heteroatoms. The quantitative estimate of drug-likeness (QED) is 0.789. The maximum atomic E-state index is 12.4. The van der Waals surface area contributed by atoms with E-state index in [1.165, 1.54) is 6.20 Å². The first-order valence-electron chi connectivity index (χ1n) is 6.20. The number of rotatable bonds is 3. The molecule has 3 rings (SSSR count). The van der Waals surface area contributed by atoms with Crippen LogP contribution in [0, 0.1) is 0 Å². The number of nitrogen functional groups attached to an aromatic ring is 1. The topological polar surface area (TPSA) is 82.8 Å². The van der Waals surface area contributed by atoms with E-state index in [1.807, 2.05) is 0 Å². The largest absolute Gasteiger partial charge is 0.471 e. The Morgan fingerprint density at radius 2 is 1.87 bits per heavy atom. The summed E-state index contributed by atoms with van der Waals surface area (Å²) in [7, 11) is 0. The summed E-state index contributed by atoms with van der Waals surface area (Å²) in [6.45, 7) is 0.498. The average Bonchev–Trinajstić information content (AvgIpc) is 3.08. The van der Waals surface area contributed by atoms with Gasteiger partial charge in [0.15, 0.2) is 0 Å². The smallest absolute Gasteiger partial charge is 0.396 e. The second-order valence-corrected chi connectivity index (χ2v) is 4.59. The molecule has 0 unspecified atom stereocenters. The molecule has 0 aliphatic heterocycles. The van der Waals surface area contributed by atoms with E-state index in [0.29, 0.717) is 17.8 Å². The van der Waals surface area contributed by atoms with E-state index >= 15 is 0 Å². The summed E-state index contributed by atoms with van der Waals surface area (Å²) in [6.07, 6.45) is -1.43. The van der Waals surface area contributed by atoms with Crippen LogP contribution >= 0.6 is 12.4 Å². The van der Waals surface area contributed by atoms with Crippen molar-refractivity contribution < 1.29 is 17.7 Å². The minimum atomic E-state index is -4.65. The number of nitrogens with two attached hydrogens (primary N) is 1. The van der Waals surface area contributed by atoms with E-state index in [1.54, 1.807) is 35.1 Å². The lowest BCUT2D eigenvalue weighted by molar-refractivity contribution is -0.159. The summed E-state index contributed by atoms with van der Waals surface area (Å²) in [5, 5.41) is 7.38. The Balaban J connectivity index is 0.00000192. The number of alkyl halides is 3. The molecule has 0 saturated carbocycles. The van der Waals surface area contributed by atoms with E-state index in [-0.39, 0.29) is 18.2 Å². The Morgan fingerprint density at radius 3 is 2.39 bits per heavy atom. The van der Waals surface area contributed by atoms with Crippen LogP contribution in [0.3, 0.4) is 0 Å². The van der Waals surface area contributed by atoms with Gasteiger partial charge in [-0.25, -0.2) is 0 Å². The van der Waals surface area contributed by atoms with Crippen LogP contribution < -0.4 is 5.73 Å². The summed E-state index contributed by atoms with van der Waals surface area (Å²) in [6, 6.07) is 6.73. The van der Waals surface area contributed by atoms with E-state index in [9.17, 15) is 13.2 Å². The first-order chi connectivity index (χ1) is 10.4. The number of anilines is 1. The van der Waals surface area contributed by atoms with Crippen molar-refractivity contribution >= 4 is 18.1 Å². The average molecular weight is 346 g/mol. The molecule has 1 aromatic carbocycles. The molecule has 0 aliphatic rings. The van der Waals surface area contributed by atoms with Crippen LogP contribution in [0.5, 0.6) is 0 Å². The normalized spacial score (nSPS) is 11.3. The summed E-state index contributed by atoms with van der Waals surface area (Å²) in [5.41, 5.74) is 7.47. The molecule has 3 aromatic rings. The predicted molar refractivity (Wildman–Crippen MR) is 77.7 cm³/mol. The summed E-state index contributed by atoms with van der Waals surface area (Å²) < 4.78 is 43.1. The number of nitrogens with zero attached hydrogens (tertiary/aromatic N) is 4. The second kappa shape index (κ2) is 6.29. The van der Waals surface area contributed by atoms with Crippen LogP contribution in [0.2, 0.25) is 0 Å². The Morgan fingerprint density at radius 1 is 1.17 bits per heavy atom. The van der Waals surface area contributed by atoms with Gasteiger partial charge < -0.3 is 10.3 Å². The molecule has 0 aliphatic carbocycles. The van der Waals surface area contributed by atoms with Crippen LogP contribution in [-0.4, -0.2) is 19.9 Å². The molecular weight excluding hydrogens is 335 g/mol. The summed E-state index contributed by atoms with van der Waals surface area (Å²) >= 11 is 0. The highest BCUT2D eigenvalue weighted by Crippen LogP contribution is 2.29. The fourth-order valence-corrected chi connectivity index (χ4v) is 1.87. The number of hydrogen-bond donors (Lipinski definition) is 1.